The number of halogens is 1. The van der Waals surface area contributed by atoms with Crippen molar-refractivity contribution in [3.05, 3.63) is 108 Å². The Labute approximate surface area is 258 Å². The summed E-state index contributed by atoms with van der Waals surface area (Å²) in [7, 11) is 0. The van der Waals surface area contributed by atoms with Crippen molar-refractivity contribution in [1.82, 2.24) is 0 Å². The number of hydrogen-bond acceptors (Lipinski definition) is 7. The van der Waals surface area contributed by atoms with Crippen molar-refractivity contribution in [2.45, 2.75) is 5.60 Å². The molecule has 224 valence electrons. The maximum absolute atomic E-state index is 6.71. The molecule has 0 N–H and O–H groups in total. The summed E-state index contributed by atoms with van der Waals surface area (Å²) in [6.07, 6.45) is 0. The molecular formula is C33H43IO7. The standard InChI is InChI=1S/C33H43IO7/c34-16-17-35-18-19-36-20-21-37-22-23-38-24-25-39-26-27-40-28-29-41-33(30-10-4-1-5-11-30,31-12-6-2-7-13-31)32-14-8-3-9-15-32/h1-15H,16-29H2. The normalized spacial score (nSPS) is 11.6. The predicted molar refractivity (Wildman–Crippen MR) is 169 cm³/mol. The fraction of sp³-hybridized carbons (Fsp3) is 0.455. The van der Waals surface area contributed by atoms with Crippen LogP contribution in [0.25, 0.3) is 0 Å². The van der Waals surface area contributed by atoms with Gasteiger partial charge in [-0.05, 0) is 16.7 Å². The molecular weight excluding hydrogens is 635 g/mol. The second-order valence-corrected chi connectivity index (χ2v) is 10.1. The summed E-state index contributed by atoms with van der Waals surface area (Å²) in [6, 6.07) is 31.0. The molecule has 7 nitrogen and oxygen atoms in total. The van der Waals surface area contributed by atoms with E-state index >= 15 is 0 Å². The van der Waals surface area contributed by atoms with Crippen molar-refractivity contribution in [2.75, 3.05) is 90.3 Å². The molecule has 3 aromatic carbocycles. The minimum atomic E-state index is -0.735. The number of ether oxygens (including phenoxy) is 7. The Morgan fingerprint density at radius 3 is 0.927 bits per heavy atom. The van der Waals surface area contributed by atoms with Gasteiger partial charge in [-0.3, -0.25) is 0 Å². The molecule has 0 radical (unpaired) electrons. The Bertz CT molecular complexity index is 911. The fourth-order valence-corrected chi connectivity index (χ4v) is 4.59. The maximum atomic E-state index is 6.71. The fourth-order valence-electron chi connectivity index (χ4n) is 4.28. The zero-order valence-corrected chi connectivity index (χ0v) is 26.0. The summed E-state index contributed by atoms with van der Waals surface area (Å²) in [4.78, 5) is 0. The van der Waals surface area contributed by atoms with Gasteiger partial charge in [0, 0.05) is 4.43 Å². The van der Waals surface area contributed by atoms with Crippen LogP contribution < -0.4 is 0 Å². The van der Waals surface area contributed by atoms with E-state index in [1.807, 2.05) is 54.6 Å². The van der Waals surface area contributed by atoms with Crippen LogP contribution in [-0.4, -0.2) is 90.3 Å². The predicted octanol–water partition coefficient (Wildman–Crippen LogP) is 5.53. The van der Waals surface area contributed by atoms with Crippen LogP contribution in [0.15, 0.2) is 91.0 Å². The van der Waals surface area contributed by atoms with Gasteiger partial charge in [-0.1, -0.05) is 114 Å². The first-order valence-electron chi connectivity index (χ1n) is 14.2. The first-order valence-corrected chi connectivity index (χ1v) is 15.7. The topological polar surface area (TPSA) is 64.6 Å². The first kappa shape index (κ1) is 33.6. The molecule has 0 aliphatic heterocycles. The van der Waals surface area contributed by atoms with Crippen molar-refractivity contribution >= 4 is 22.6 Å². The molecule has 3 aromatic rings. The van der Waals surface area contributed by atoms with E-state index in [9.17, 15) is 0 Å². The molecule has 0 spiro atoms. The van der Waals surface area contributed by atoms with Gasteiger partial charge in [0.05, 0.1) is 85.9 Å². The lowest BCUT2D eigenvalue weighted by molar-refractivity contribution is -0.0394. The summed E-state index contributed by atoms with van der Waals surface area (Å²) in [5, 5.41) is 0. The van der Waals surface area contributed by atoms with Crippen LogP contribution in [-0.2, 0) is 38.8 Å². The number of hydrogen-bond donors (Lipinski definition) is 0. The molecule has 0 bridgehead atoms. The second kappa shape index (κ2) is 21.8. The van der Waals surface area contributed by atoms with Crippen LogP contribution in [0.3, 0.4) is 0 Å². The molecule has 8 heteroatoms. The van der Waals surface area contributed by atoms with E-state index in [2.05, 4.69) is 59.0 Å². The molecule has 3 rings (SSSR count). The highest BCUT2D eigenvalue weighted by Crippen LogP contribution is 2.40. The third kappa shape index (κ3) is 12.5. The van der Waals surface area contributed by atoms with Crippen LogP contribution in [0.2, 0.25) is 0 Å². The largest absolute Gasteiger partial charge is 0.378 e. The Hall–Kier alpha value is -1.89. The van der Waals surface area contributed by atoms with Gasteiger partial charge in [0.25, 0.3) is 0 Å². The van der Waals surface area contributed by atoms with Crippen molar-refractivity contribution in [3.63, 3.8) is 0 Å². The molecule has 0 saturated heterocycles. The number of alkyl halides is 1. The highest BCUT2D eigenvalue weighted by atomic mass is 127. The minimum Gasteiger partial charge on any atom is -0.378 e. The molecule has 41 heavy (non-hydrogen) atoms. The monoisotopic (exact) mass is 678 g/mol. The number of benzene rings is 3. The van der Waals surface area contributed by atoms with Crippen LogP contribution in [0.5, 0.6) is 0 Å². The van der Waals surface area contributed by atoms with Gasteiger partial charge in [-0.2, -0.15) is 0 Å². The lowest BCUT2D eigenvalue weighted by atomic mass is 9.80. The van der Waals surface area contributed by atoms with Gasteiger partial charge in [0.1, 0.15) is 5.60 Å². The third-order valence-corrected chi connectivity index (χ3v) is 6.61. The Morgan fingerprint density at radius 1 is 0.366 bits per heavy atom. The zero-order chi connectivity index (χ0) is 28.7. The summed E-state index contributed by atoms with van der Waals surface area (Å²) >= 11 is 2.28. The smallest absolute Gasteiger partial charge is 0.143 e. The SMILES string of the molecule is ICCOCCOCCOCCOCCOCCOCCOC(c1ccccc1)(c1ccccc1)c1ccccc1. The molecule has 0 aliphatic carbocycles. The summed E-state index contributed by atoms with van der Waals surface area (Å²) in [5.74, 6) is 0. The van der Waals surface area contributed by atoms with Gasteiger partial charge >= 0.3 is 0 Å². The molecule has 0 amide bonds. The van der Waals surface area contributed by atoms with Gasteiger partial charge in [0.2, 0.25) is 0 Å². The summed E-state index contributed by atoms with van der Waals surface area (Å²) in [6.45, 7) is 7.08. The minimum absolute atomic E-state index is 0.430. The van der Waals surface area contributed by atoms with Crippen molar-refractivity contribution in [2.24, 2.45) is 0 Å². The van der Waals surface area contributed by atoms with E-state index in [1.54, 1.807) is 0 Å². The van der Waals surface area contributed by atoms with Crippen molar-refractivity contribution in [3.8, 4) is 0 Å². The quantitative estimate of drug-likeness (QED) is 0.0535. The Morgan fingerprint density at radius 2 is 0.634 bits per heavy atom. The Kier molecular flexibility index (Phi) is 17.8. The van der Waals surface area contributed by atoms with Crippen molar-refractivity contribution in [1.29, 1.82) is 0 Å². The lowest BCUT2D eigenvalue weighted by Gasteiger charge is -2.36. The molecule has 0 fully saturated rings. The number of rotatable bonds is 24. The van der Waals surface area contributed by atoms with Gasteiger partial charge in [0.15, 0.2) is 0 Å². The van der Waals surface area contributed by atoms with Crippen LogP contribution in [0, 0.1) is 0 Å². The average Bonchev–Trinajstić information content (AvgIpc) is 3.03. The van der Waals surface area contributed by atoms with E-state index in [1.165, 1.54) is 0 Å². The second-order valence-electron chi connectivity index (χ2n) is 8.99. The molecule has 0 atom stereocenters. The van der Waals surface area contributed by atoms with Crippen LogP contribution in [0.4, 0.5) is 0 Å². The van der Waals surface area contributed by atoms with E-state index in [4.69, 9.17) is 33.2 Å². The zero-order valence-electron chi connectivity index (χ0n) is 23.8. The van der Waals surface area contributed by atoms with E-state index < -0.39 is 5.60 Å². The summed E-state index contributed by atoms with van der Waals surface area (Å²) < 4.78 is 41.0. The van der Waals surface area contributed by atoms with Crippen molar-refractivity contribution < 1.29 is 33.2 Å². The maximum Gasteiger partial charge on any atom is 0.143 e. The lowest BCUT2D eigenvalue weighted by Crippen LogP contribution is -2.34. The molecule has 0 unspecified atom stereocenters. The third-order valence-electron chi connectivity index (χ3n) is 6.17. The van der Waals surface area contributed by atoms with E-state index in [0.29, 0.717) is 79.3 Å². The van der Waals surface area contributed by atoms with Gasteiger partial charge in [-0.25, -0.2) is 0 Å². The van der Waals surface area contributed by atoms with Gasteiger partial charge < -0.3 is 33.2 Å². The summed E-state index contributed by atoms with van der Waals surface area (Å²) in [5.41, 5.74) is 2.49. The first-order chi connectivity index (χ1) is 20.4. The highest BCUT2D eigenvalue weighted by molar-refractivity contribution is 14.1. The van der Waals surface area contributed by atoms with Crippen LogP contribution in [0.1, 0.15) is 16.7 Å². The van der Waals surface area contributed by atoms with Crippen LogP contribution >= 0.6 is 22.6 Å². The Balaban J connectivity index is 1.29. The van der Waals surface area contributed by atoms with Gasteiger partial charge in [-0.15, -0.1) is 0 Å². The van der Waals surface area contributed by atoms with E-state index in [0.717, 1.165) is 27.7 Å². The highest BCUT2D eigenvalue weighted by Gasteiger charge is 2.37. The average molecular weight is 679 g/mol. The molecule has 0 heterocycles. The molecule has 0 saturated carbocycles. The molecule has 0 aromatic heterocycles. The molecule has 0 aliphatic rings. The van der Waals surface area contributed by atoms with E-state index in [-0.39, 0.29) is 0 Å².